The lowest BCUT2D eigenvalue weighted by atomic mass is 10.1. The van der Waals surface area contributed by atoms with Gasteiger partial charge < -0.3 is 10.6 Å². The number of nitrogens with one attached hydrogen (secondary N) is 1. The normalized spacial score (nSPS) is 15.7. The van der Waals surface area contributed by atoms with E-state index in [4.69, 9.17) is 5.73 Å². The standard InChI is InChI=1S/C13H15F3N4S/c14-13(15,16)10-7-9(8-18-19-12(17)21)3-4-11(10)20-5-1-2-6-20/h3-4,7-8H,1-2,5-6H2,(H3,17,19,21). The van der Waals surface area contributed by atoms with Crippen molar-refractivity contribution >= 4 is 29.2 Å². The molecule has 2 rings (SSSR count). The molecule has 1 aliphatic rings. The van der Waals surface area contributed by atoms with Crippen LogP contribution in [-0.2, 0) is 6.18 Å². The highest BCUT2D eigenvalue weighted by molar-refractivity contribution is 7.80. The van der Waals surface area contributed by atoms with Gasteiger partial charge in [0.2, 0.25) is 0 Å². The van der Waals surface area contributed by atoms with Gasteiger partial charge in [0.25, 0.3) is 0 Å². The van der Waals surface area contributed by atoms with Crippen LogP contribution in [0.4, 0.5) is 18.9 Å². The van der Waals surface area contributed by atoms with Crippen LogP contribution < -0.4 is 16.1 Å². The molecule has 0 aromatic heterocycles. The topological polar surface area (TPSA) is 53.6 Å². The van der Waals surface area contributed by atoms with Crippen LogP contribution in [0.15, 0.2) is 23.3 Å². The fraction of sp³-hybridized carbons (Fsp3) is 0.385. The first-order valence-corrected chi connectivity index (χ1v) is 6.83. The third-order valence-corrected chi connectivity index (χ3v) is 3.25. The summed E-state index contributed by atoms with van der Waals surface area (Å²) in [5, 5.41) is 3.62. The van der Waals surface area contributed by atoms with Gasteiger partial charge in [-0.2, -0.15) is 18.3 Å². The SMILES string of the molecule is NC(=S)NN=Cc1ccc(N2CCCC2)c(C(F)(F)F)c1. The van der Waals surface area contributed by atoms with Crippen LogP contribution in [0, 0.1) is 0 Å². The Labute approximate surface area is 125 Å². The fourth-order valence-electron chi connectivity index (χ4n) is 2.27. The second kappa shape index (κ2) is 6.30. The molecule has 0 saturated carbocycles. The predicted octanol–water partition coefficient (Wildman–Crippen LogP) is 2.47. The average Bonchev–Trinajstić information content (AvgIpc) is 2.91. The van der Waals surface area contributed by atoms with Crippen LogP contribution in [0.1, 0.15) is 24.0 Å². The highest BCUT2D eigenvalue weighted by Gasteiger charge is 2.35. The van der Waals surface area contributed by atoms with E-state index in [9.17, 15) is 13.2 Å². The average molecular weight is 316 g/mol. The maximum Gasteiger partial charge on any atom is 0.418 e. The molecule has 0 spiro atoms. The van der Waals surface area contributed by atoms with Gasteiger partial charge in [-0.15, -0.1) is 0 Å². The maximum absolute atomic E-state index is 13.2. The fourth-order valence-corrected chi connectivity index (χ4v) is 2.32. The Kier molecular flexibility index (Phi) is 4.66. The van der Waals surface area contributed by atoms with E-state index in [0.717, 1.165) is 18.9 Å². The molecule has 1 aromatic carbocycles. The molecule has 1 aliphatic heterocycles. The summed E-state index contributed by atoms with van der Waals surface area (Å²) in [4.78, 5) is 1.76. The number of rotatable bonds is 3. The number of nitrogens with zero attached hydrogens (tertiary/aromatic N) is 2. The first-order valence-electron chi connectivity index (χ1n) is 6.42. The van der Waals surface area contributed by atoms with E-state index < -0.39 is 11.7 Å². The van der Waals surface area contributed by atoms with E-state index in [1.54, 1.807) is 11.0 Å². The van der Waals surface area contributed by atoms with Gasteiger partial charge in [0.05, 0.1) is 11.8 Å². The zero-order valence-corrected chi connectivity index (χ0v) is 12.0. The van der Waals surface area contributed by atoms with E-state index in [1.165, 1.54) is 12.3 Å². The number of benzene rings is 1. The molecule has 21 heavy (non-hydrogen) atoms. The number of nitrogens with two attached hydrogens (primary N) is 1. The quantitative estimate of drug-likeness (QED) is 0.511. The molecule has 1 aromatic rings. The Balaban J connectivity index is 2.31. The van der Waals surface area contributed by atoms with Gasteiger partial charge in [-0.1, -0.05) is 6.07 Å². The number of anilines is 1. The van der Waals surface area contributed by atoms with Crippen LogP contribution in [0.2, 0.25) is 0 Å². The zero-order chi connectivity index (χ0) is 15.5. The van der Waals surface area contributed by atoms with E-state index >= 15 is 0 Å². The van der Waals surface area contributed by atoms with E-state index in [2.05, 4.69) is 22.7 Å². The van der Waals surface area contributed by atoms with Crippen molar-refractivity contribution in [3.63, 3.8) is 0 Å². The molecule has 0 bridgehead atoms. The summed E-state index contributed by atoms with van der Waals surface area (Å²) in [7, 11) is 0. The molecule has 1 fully saturated rings. The van der Waals surface area contributed by atoms with Crippen LogP contribution in [0.5, 0.6) is 0 Å². The van der Waals surface area contributed by atoms with E-state index in [1.807, 2.05) is 0 Å². The van der Waals surface area contributed by atoms with Crippen LogP contribution in [-0.4, -0.2) is 24.4 Å². The Morgan fingerprint density at radius 2 is 2.00 bits per heavy atom. The van der Waals surface area contributed by atoms with E-state index in [-0.39, 0.29) is 10.8 Å². The van der Waals surface area contributed by atoms with Gasteiger partial charge in [-0.05, 0) is 42.8 Å². The number of alkyl halides is 3. The Morgan fingerprint density at radius 3 is 2.57 bits per heavy atom. The summed E-state index contributed by atoms with van der Waals surface area (Å²) in [6.45, 7) is 1.30. The molecular formula is C13H15F3N4S. The molecule has 4 nitrogen and oxygen atoms in total. The first-order chi connectivity index (χ1) is 9.88. The zero-order valence-electron chi connectivity index (χ0n) is 11.2. The largest absolute Gasteiger partial charge is 0.418 e. The van der Waals surface area contributed by atoms with Crippen molar-refractivity contribution in [3.05, 3.63) is 29.3 Å². The minimum Gasteiger partial charge on any atom is -0.375 e. The molecule has 1 heterocycles. The molecule has 8 heteroatoms. The molecular weight excluding hydrogens is 301 g/mol. The highest BCUT2D eigenvalue weighted by Crippen LogP contribution is 2.38. The number of hydrazone groups is 1. The van der Waals surface area contributed by atoms with Gasteiger partial charge in [-0.25, -0.2) is 0 Å². The second-order valence-electron chi connectivity index (χ2n) is 4.70. The Morgan fingerprint density at radius 1 is 1.33 bits per heavy atom. The molecule has 114 valence electrons. The summed E-state index contributed by atoms with van der Waals surface area (Å²) in [5.74, 6) is 0. The van der Waals surface area contributed by atoms with Crippen molar-refractivity contribution in [3.8, 4) is 0 Å². The lowest BCUT2D eigenvalue weighted by molar-refractivity contribution is -0.137. The van der Waals surface area contributed by atoms with Gasteiger partial charge in [-0.3, -0.25) is 5.43 Å². The third-order valence-electron chi connectivity index (χ3n) is 3.16. The van der Waals surface area contributed by atoms with Gasteiger partial charge in [0, 0.05) is 18.8 Å². The minimum atomic E-state index is -4.40. The molecule has 3 N–H and O–H groups in total. The summed E-state index contributed by atoms with van der Waals surface area (Å²) >= 11 is 4.56. The number of halogens is 3. The van der Waals surface area contributed by atoms with Gasteiger partial charge >= 0.3 is 6.18 Å². The van der Waals surface area contributed by atoms with Crippen molar-refractivity contribution in [2.75, 3.05) is 18.0 Å². The minimum absolute atomic E-state index is 0.0454. The van der Waals surface area contributed by atoms with Crippen molar-refractivity contribution in [2.24, 2.45) is 10.8 Å². The van der Waals surface area contributed by atoms with Gasteiger partial charge in [0.1, 0.15) is 0 Å². The third kappa shape index (κ3) is 4.07. The predicted molar refractivity (Wildman–Crippen MR) is 80.4 cm³/mol. The Hall–Kier alpha value is -1.83. The van der Waals surface area contributed by atoms with Gasteiger partial charge in [0.15, 0.2) is 5.11 Å². The monoisotopic (exact) mass is 316 g/mol. The lowest BCUT2D eigenvalue weighted by Crippen LogP contribution is -2.24. The smallest absolute Gasteiger partial charge is 0.375 e. The summed E-state index contributed by atoms with van der Waals surface area (Å²) in [6, 6.07) is 4.16. The summed E-state index contributed by atoms with van der Waals surface area (Å²) < 4.78 is 39.6. The van der Waals surface area contributed by atoms with E-state index in [0.29, 0.717) is 18.7 Å². The second-order valence-corrected chi connectivity index (χ2v) is 5.14. The summed E-state index contributed by atoms with van der Waals surface area (Å²) in [6.07, 6.45) is -1.32. The van der Waals surface area contributed by atoms with Crippen LogP contribution in [0.25, 0.3) is 0 Å². The molecule has 0 aliphatic carbocycles. The van der Waals surface area contributed by atoms with Crippen molar-refractivity contribution in [2.45, 2.75) is 19.0 Å². The number of hydrogen-bond acceptors (Lipinski definition) is 3. The van der Waals surface area contributed by atoms with Crippen molar-refractivity contribution in [1.29, 1.82) is 0 Å². The number of hydrogen-bond donors (Lipinski definition) is 2. The Bertz CT molecular complexity index is 551. The van der Waals surface area contributed by atoms with Crippen molar-refractivity contribution in [1.82, 2.24) is 5.43 Å². The molecule has 1 saturated heterocycles. The van der Waals surface area contributed by atoms with Crippen molar-refractivity contribution < 1.29 is 13.2 Å². The number of thiocarbonyl (C=S) groups is 1. The molecule has 0 radical (unpaired) electrons. The molecule has 0 atom stereocenters. The molecule has 0 unspecified atom stereocenters. The highest BCUT2D eigenvalue weighted by atomic mass is 32.1. The summed E-state index contributed by atoms with van der Waals surface area (Å²) in [5.41, 5.74) is 7.39. The molecule has 0 amide bonds. The maximum atomic E-state index is 13.2. The first kappa shape index (κ1) is 15.6. The van der Waals surface area contributed by atoms with Crippen LogP contribution >= 0.6 is 12.2 Å². The van der Waals surface area contributed by atoms with Crippen LogP contribution in [0.3, 0.4) is 0 Å². The lowest BCUT2D eigenvalue weighted by Gasteiger charge is -2.23.